The molecule has 1 aromatic rings. The zero-order chi connectivity index (χ0) is 6.97. The Morgan fingerprint density at radius 2 is 2.50 bits per heavy atom. The summed E-state index contributed by atoms with van der Waals surface area (Å²) in [5, 5.41) is 0.535. The van der Waals surface area contributed by atoms with Crippen LogP contribution in [0, 0.1) is 0 Å². The second kappa shape index (κ2) is 2.22. The van der Waals surface area contributed by atoms with Gasteiger partial charge in [-0.1, -0.05) is 11.6 Å². The van der Waals surface area contributed by atoms with Gasteiger partial charge in [-0.2, -0.15) is 0 Å². The van der Waals surface area contributed by atoms with E-state index in [9.17, 15) is 0 Å². The van der Waals surface area contributed by atoms with Gasteiger partial charge in [-0.05, 0) is 17.7 Å². The third-order valence-corrected chi connectivity index (χ3v) is 1.66. The molecule has 0 radical (unpaired) electrons. The van der Waals surface area contributed by atoms with Gasteiger partial charge in [0, 0.05) is 6.20 Å². The summed E-state index contributed by atoms with van der Waals surface area (Å²) in [5.41, 5.74) is 1.13. The molecule has 2 nitrogen and oxygen atoms in total. The first-order chi connectivity index (χ1) is 4.86. The Morgan fingerprint density at radius 3 is 3.10 bits per heavy atom. The minimum absolute atomic E-state index is 0.278. The number of rotatable bonds is 1. The second-order valence-corrected chi connectivity index (χ2v) is 2.62. The second-order valence-electron chi connectivity index (χ2n) is 2.23. The summed E-state index contributed by atoms with van der Waals surface area (Å²) in [7, 11) is 0. The van der Waals surface area contributed by atoms with E-state index in [1.807, 2.05) is 12.1 Å². The first-order valence-electron chi connectivity index (χ1n) is 3.09. The largest absolute Gasteiger partial charge is 0.368 e. The van der Waals surface area contributed by atoms with Crippen molar-refractivity contribution in [3.05, 3.63) is 29.0 Å². The Morgan fingerprint density at radius 1 is 1.70 bits per heavy atom. The van der Waals surface area contributed by atoms with Gasteiger partial charge >= 0.3 is 0 Å². The molecular formula is C7H6ClNO. The van der Waals surface area contributed by atoms with Crippen LogP contribution in [0.5, 0.6) is 0 Å². The van der Waals surface area contributed by atoms with Crippen LogP contribution < -0.4 is 0 Å². The molecule has 52 valence electrons. The number of aromatic nitrogens is 1. The van der Waals surface area contributed by atoms with Gasteiger partial charge in [-0.3, -0.25) is 0 Å². The van der Waals surface area contributed by atoms with Gasteiger partial charge in [0.2, 0.25) is 0 Å². The van der Waals surface area contributed by atoms with Crippen LogP contribution in [0.25, 0.3) is 0 Å². The van der Waals surface area contributed by atoms with Crippen molar-refractivity contribution < 1.29 is 4.74 Å². The van der Waals surface area contributed by atoms with Gasteiger partial charge in [0.25, 0.3) is 0 Å². The molecule has 0 bridgehead atoms. The molecule has 1 aliphatic heterocycles. The smallest absolute Gasteiger partial charge is 0.129 e. The molecule has 10 heavy (non-hydrogen) atoms. The van der Waals surface area contributed by atoms with Crippen molar-refractivity contribution in [1.29, 1.82) is 0 Å². The summed E-state index contributed by atoms with van der Waals surface area (Å²) in [4.78, 5) is 3.86. The van der Waals surface area contributed by atoms with Gasteiger partial charge in [-0.15, -0.1) is 0 Å². The van der Waals surface area contributed by atoms with Crippen LogP contribution >= 0.6 is 11.6 Å². The highest BCUT2D eigenvalue weighted by molar-refractivity contribution is 6.29. The molecule has 1 aromatic heterocycles. The van der Waals surface area contributed by atoms with Crippen molar-refractivity contribution >= 4 is 11.6 Å². The lowest BCUT2D eigenvalue weighted by molar-refractivity contribution is 0.415. The fraction of sp³-hybridized carbons (Fsp3) is 0.286. The summed E-state index contributed by atoms with van der Waals surface area (Å²) < 4.78 is 5.06. The standard InChI is InChI=1S/C7H6ClNO/c8-7-3-5(1-2-9-7)6-4-10-6/h1-3,6H,4H2. The molecule has 0 aliphatic carbocycles. The molecular weight excluding hydrogens is 150 g/mol. The van der Waals surface area contributed by atoms with E-state index >= 15 is 0 Å². The quantitative estimate of drug-likeness (QED) is 0.457. The molecule has 2 rings (SSSR count). The lowest BCUT2D eigenvalue weighted by atomic mass is 10.2. The highest BCUT2D eigenvalue weighted by Gasteiger charge is 2.24. The van der Waals surface area contributed by atoms with Gasteiger partial charge in [-0.25, -0.2) is 4.98 Å². The van der Waals surface area contributed by atoms with Gasteiger partial charge in [0.1, 0.15) is 11.3 Å². The lowest BCUT2D eigenvalue weighted by Crippen LogP contribution is -1.81. The van der Waals surface area contributed by atoms with E-state index in [-0.39, 0.29) is 6.10 Å². The van der Waals surface area contributed by atoms with E-state index in [1.165, 1.54) is 0 Å². The highest BCUT2D eigenvalue weighted by atomic mass is 35.5. The summed E-state index contributed by atoms with van der Waals surface area (Å²) in [6, 6.07) is 3.75. The molecule has 1 aliphatic rings. The highest BCUT2D eigenvalue weighted by Crippen LogP contribution is 2.29. The molecule has 1 fully saturated rings. The van der Waals surface area contributed by atoms with Crippen molar-refractivity contribution in [2.45, 2.75) is 6.10 Å². The lowest BCUT2D eigenvalue weighted by Gasteiger charge is -1.93. The van der Waals surface area contributed by atoms with Gasteiger partial charge in [0.15, 0.2) is 0 Å². The number of hydrogen-bond acceptors (Lipinski definition) is 2. The monoisotopic (exact) mass is 155 g/mol. The minimum atomic E-state index is 0.278. The van der Waals surface area contributed by atoms with E-state index in [2.05, 4.69) is 4.98 Å². The Labute approximate surface area is 63.8 Å². The van der Waals surface area contributed by atoms with Crippen molar-refractivity contribution in [2.24, 2.45) is 0 Å². The normalized spacial score (nSPS) is 22.7. The minimum Gasteiger partial charge on any atom is -0.368 e. The van der Waals surface area contributed by atoms with Crippen LogP contribution in [-0.2, 0) is 4.74 Å². The molecule has 1 atom stereocenters. The predicted molar refractivity (Wildman–Crippen MR) is 37.9 cm³/mol. The summed E-state index contributed by atoms with van der Waals surface area (Å²) in [5.74, 6) is 0. The third kappa shape index (κ3) is 1.13. The molecule has 1 unspecified atom stereocenters. The first-order valence-corrected chi connectivity index (χ1v) is 3.47. The third-order valence-electron chi connectivity index (χ3n) is 1.46. The topological polar surface area (TPSA) is 25.4 Å². The molecule has 0 spiro atoms. The van der Waals surface area contributed by atoms with Crippen LogP contribution in [0.15, 0.2) is 18.3 Å². The van der Waals surface area contributed by atoms with Crippen molar-refractivity contribution in [1.82, 2.24) is 4.98 Å². The maximum atomic E-state index is 5.65. The Balaban J connectivity index is 2.32. The number of epoxide rings is 1. The van der Waals surface area contributed by atoms with Gasteiger partial charge < -0.3 is 4.74 Å². The summed E-state index contributed by atoms with van der Waals surface area (Å²) in [6.45, 7) is 0.820. The van der Waals surface area contributed by atoms with Crippen LogP contribution in [0.4, 0.5) is 0 Å². The number of hydrogen-bond donors (Lipinski definition) is 0. The van der Waals surface area contributed by atoms with Gasteiger partial charge in [0.05, 0.1) is 6.61 Å². The Hall–Kier alpha value is -0.600. The van der Waals surface area contributed by atoms with Crippen molar-refractivity contribution in [3.8, 4) is 0 Å². The number of nitrogens with zero attached hydrogens (tertiary/aromatic N) is 1. The fourth-order valence-electron chi connectivity index (χ4n) is 0.858. The molecule has 2 heterocycles. The van der Waals surface area contributed by atoms with Crippen LogP contribution in [-0.4, -0.2) is 11.6 Å². The average molecular weight is 156 g/mol. The zero-order valence-corrected chi connectivity index (χ0v) is 6.01. The van der Waals surface area contributed by atoms with Crippen LogP contribution in [0.3, 0.4) is 0 Å². The van der Waals surface area contributed by atoms with Crippen molar-refractivity contribution in [2.75, 3.05) is 6.61 Å². The average Bonchev–Trinajstić information content (AvgIpc) is 2.68. The first kappa shape index (κ1) is 6.13. The van der Waals surface area contributed by atoms with Crippen LogP contribution in [0.1, 0.15) is 11.7 Å². The van der Waals surface area contributed by atoms with E-state index in [0.29, 0.717) is 5.15 Å². The summed E-state index contributed by atoms with van der Waals surface area (Å²) >= 11 is 5.65. The number of ether oxygens (including phenoxy) is 1. The molecule has 0 saturated carbocycles. The number of pyridine rings is 1. The molecule has 0 aromatic carbocycles. The SMILES string of the molecule is Clc1cc(C2CO2)ccn1. The number of halogens is 1. The van der Waals surface area contributed by atoms with E-state index in [0.717, 1.165) is 12.2 Å². The van der Waals surface area contributed by atoms with E-state index < -0.39 is 0 Å². The molecule has 3 heteroatoms. The fourth-order valence-corrected chi connectivity index (χ4v) is 1.04. The zero-order valence-electron chi connectivity index (χ0n) is 5.25. The predicted octanol–water partition coefficient (Wildman–Crippen LogP) is 1.81. The maximum Gasteiger partial charge on any atom is 0.129 e. The summed E-state index contributed by atoms with van der Waals surface area (Å²) in [6.07, 6.45) is 1.97. The molecule has 0 N–H and O–H groups in total. The van der Waals surface area contributed by atoms with E-state index in [4.69, 9.17) is 16.3 Å². The van der Waals surface area contributed by atoms with Crippen molar-refractivity contribution in [3.63, 3.8) is 0 Å². The van der Waals surface area contributed by atoms with E-state index in [1.54, 1.807) is 6.20 Å². The maximum absolute atomic E-state index is 5.65. The Bertz CT molecular complexity index is 247. The Kier molecular flexibility index (Phi) is 1.36. The van der Waals surface area contributed by atoms with Crippen LogP contribution in [0.2, 0.25) is 5.15 Å². The molecule has 0 amide bonds. The molecule has 1 saturated heterocycles.